The summed E-state index contributed by atoms with van der Waals surface area (Å²) in [4.78, 5) is 12.2. The van der Waals surface area contributed by atoms with Crippen molar-refractivity contribution in [2.24, 2.45) is 16.7 Å². The topological polar surface area (TPSA) is 62.4 Å². The normalized spacial score (nSPS) is 53.9. The third-order valence-electron chi connectivity index (χ3n) is 6.21. The van der Waals surface area contributed by atoms with Gasteiger partial charge in [-0.2, -0.15) is 0 Å². The highest BCUT2D eigenvalue weighted by Gasteiger charge is 2.67. The van der Waals surface area contributed by atoms with Crippen LogP contribution in [0.25, 0.3) is 0 Å². The minimum Gasteiger partial charge on any atom is -0.481 e. The first-order valence-electron chi connectivity index (χ1n) is 7.48. The number of carboxylic acids is 1. The standard InChI is InChI=1S/C15H22O4/c1-14(2)6-11-12(19-11)7-15(14,13(16)17)8-3-4-9-10(5-8)18-9/h8-12H,3-7H2,1-2H3,(H,16,17). The van der Waals surface area contributed by atoms with Crippen LogP contribution in [0.5, 0.6) is 0 Å². The van der Waals surface area contributed by atoms with Crippen LogP contribution >= 0.6 is 0 Å². The monoisotopic (exact) mass is 266 g/mol. The molecule has 4 heteroatoms. The molecule has 0 spiro atoms. The summed E-state index contributed by atoms with van der Waals surface area (Å²) in [5, 5.41) is 10.0. The summed E-state index contributed by atoms with van der Waals surface area (Å²) in [6.45, 7) is 4.25. The fourth-order valence-electron chi connectivity index (χ4n) is 4.94. The molecule has 2 aliphatic carbocycles. The average Bonchev–Trinajstić information content (AvgIpc) is 3.19. The minimum absolute atomic E-state index is 0.192. The molecule has 2 heterocycles. The van der Waals surface area contributed by atoms with Gasteiger partial charge >= 0.3 is 5.97 Å². The van der Waals surface area contributed by atoms with Gasteiger partial charge in [-0.3, -0.25) is 4.79 Å². The fourth-order valence-corrected chi connectivity index (χ4v) is 4.94. The Morgan fingerprint density at radius 3 is 2.42 bits per heavy atom. The van der Waals surface area contributed by atoms with E-state index in [1.165, 1.54) is 0 Å². The summed E-state index contributed by atoms with van der Waals surface area (Å²) in [6.07, 6.45) is 5.82. The zero-order valence-corrected chi connectivity index (χ0v) is 11.6. The molecule has 4 nitrogen and oxygen atoms in total. The van der Waals surface area contributed by atoms with Crippen LogP contribution in [-0.4, -0.2) is 35.5 Å². The number of hydrogen-bond acceptors (Lipinski definition) is 3. The van der Waals surface area contributed by atoms with Gasteiger partial charge in [-0.1, -0.05) is 13.8 Å². The Morgan fingerprint density at radius 2 is 1.74 bits per heavy atom. The maximum atomic E-state index is 12.2. The highest BCUT2D eigenvalue weighted by atomic mass is 16.6. The third-order valence-corrected chi connectivity index (χ3v) is 6.21. The van der Waals surface area contributed by atoms with E-state index >= 15 is 0 Å². The van der Waals surface area contributed by atoms with Crippen molar-refractivity contribution in [3.05, 3.63) is 0 Å². The maximum absolute atomic E-state index is 12.2. The van der Waals surface area contributed by atoms with E-state index in [9.17, 15) is 9.90 Å². The van der Waals surface area contributed by atoms with Crippen molar-refractivity contribution in [1.82, 2.24) is 0 Å². The van der Waals surface area contributed by atoms with Gasteiger partial charge in [-0.15, -0.1) is 0 Å². The average molecular weight is 266 g/mol. The summed E-state index contributed by atoms with van der Waals surface area (Å²) < 4.78 is 11.3. The first-order chi connectivity index (χ1) is 8.94. The Labute approximate surface area is 113 Å². The van der Waals surface area contributed by atoms with E-state index in [1.54, 1.807) is 0 Å². The second-order valence-electron chi connectivity index (χ2n) is 7.50. The second-order valence-corrected chi connectivity index (χ2v) is 7.50. The summed E-state index contributed by atoms with van der Waals surface area (Å²) in [5.41, 5.74) is -0.815. The van der Waals surface area contributed by atoms with Crippen LogP contribution < -0.4 is 0 Å². The van der Waals surface area contributed by atoms with Crippen molar-refractivity contribution in [2.75, 3.05) is 0 Å². The Hall–Kier alpha value is -0.610. The van der Waals surface area contributed by atoms with E-state index in [0.29, 0.717) is 24.7 Å². The molecule has 4 fully saturated rings. The SMILES string of the molecule is CC1(C)CC2OC2CC1(C(=O)O)C1CCC2OC2C1. The molecule has 19 heavy (non-hydrogen) atoms. The largest absolute Gasteiger partial charge is 0.481 e. The lowest BCUT2D eigenvalue weighted by Crippen LogP contribution is -2.54. The lowest BCUT2D eigenvalue weighted by molar-refractivity contribution is -0.168. The van der Waals surface area contributed by atoms with Crippen LogP contribution in [0, 0.1) is 16.7 Å². The highest BCUT2D eigenvalue weighted by Crippen LogP contribution is 2.63. The van der Waals surface area contributed by atoms with Crippen molar-refractivity contribution in [1.29, 1.82) is 0 Å². The molecule has 0 radical (unpaired) electrons. The van der Waals surface area contributed by atoms with Crippen LogP contribution in [-0.2, 0) is 14.3 Å². The maximum Gasteiger partial charge on any atom is 0.310 e. The minimum atomic E-state index is -0.623. The molecule has 6 atom stereocenters. The van der Waals surface area contributed by atoms with Crippen molar-refractivity contribution in [2.45, 2.75) is 70.4 Å². The van der Waals surface area contributed by atoms with Crippen LogP contribution in [0.4, 0.5) is 0 Å². The van der Waals surface area contributed by atoms with Gasteiger partial charge in [0, 0.05) is 0 Å². The summed E-state index contributed by atoms with van der Waals surface area (Å²) >= 11 is 0. The van der Waals surface area contributed by atoms with Crippen molar-refractivity contribution < 1.29 is 19.4 Å². The number of aliphatic carboxylic acids is 1. The molecule has 6 unspecified atom stereocenters. The number of carbonyl (C=O) groups is 1. The Balaban J connectivity index is 1.69. The highest BCUT2D eigenvalue weighted by molar-refractivity contribution is 5.77. The lowest BCUT2D eigenvalue weighted by Gasteiger charge is -2.51. The zero-order valence-electron chi connectivity index (χ0n) is 11.6. The van der Waals surface area contributed by atoms with Crippen LogP contribution in [0.3, 0.4) is 0 Å². The molecule has 0 aromatic carbocycles. The summed E-state index contributed by atoms with van der Waals surface area (Å²) in [5.74, 6) is -0.371. The second kappa shape index (κ2) is 3.53. The molecule has 0 aromatic heterocycles. The van der Waals surface area contributed by atoms with Crippen LogP contribution in [0.15, 0.2) is 0 Å². The molecule has 0 aromatic rings. The Kier molecular flexibility index (Phi) is 2.26. The van der Waals surface area contributed by atoms with Gasteiger partial charge in [0.2, 0.25) is 0 Å². The fraction of sp³-hybridized carbons (Fsp3) is 0.933. The lowest BCUT2D eigenvalue weighted by atomic mass is 9.50. The quantitative estimate of drug-likeness (QED) is 0.778. The van der Waals surface area contributed by atoms with Gasteiger partial charge in [-0.05, 0) is 43.4 Å². The van der Waals surface area contributed by atoms with E-state index < -0.39 is 11.4 Å². The smallest absolute Gasteiger partial charge is 0.310 e. The van der Waals surface area contributed by atoms with Crippen LogP contribution in [0.2, 0.25) is 0 Å². The number of hydrogen-bond donors (Lipinski definition) is 1. The number of carboxylic acid groups (broad SMARTS) is 1. The van der Waals surface area contributed by atoms with Gasteiger partial charge < -0.3 is 14.6 Å². The van der Waals surface area contributed by atoms with E-state index in [2.05, 4.69) is 13.8 Å². The predicted octanol–water partition coefficient (Wildman–Crippen LogP) is 2.21. The molecular formula is C15H22O4. The molecule has 106 valence electrons. The van der Waals surface area contributed by atoms with E-state index in [0.717, 1.165) is 25.7 Å². The molecule has 4 rings (SSSR count). The molecule has 2 saturated heterocycles. The van der Waals surface area contributed by atoms with Gasteiger partial charge in [0.05, 0.1) is 29.8 Å². The number of ether oxygens (including phenoxy) is 2. The van der Waals surface area contributed by atoms with E-state index in [4.69, 9.17) is 9.47 Å². The van der Waals surface area contributed by atoms with Gasteiger partial charge in [-0.25, -0.2) is 0 Å². The number of fused-ring (bicyclic) bond motifs is 2. The first-order valence-corrected chi connectivity index (χ1v) is 7.48. The predicted molar refractivity (Wildman–Crippen MR) is 67.7 cm³/mol. The van der Waals surface area contributed by atoms with Crippen molar-refractivity contribution >= 4 is 5.97 Å². The molecule has 1 N–H and O–H groups in total. The van der Waals surface area contributed by atoms with Gasteiger partial charge in [0.1, 0.15) is 0 Å². The summed E-state index contributed by atoms with van der Waals surface area (Å²) in [6, 6.07) is 0. The van der Waals surface area contributed by atoms with E-state index in [-0.39, 0.29) is 17.4 Å². The van der Waals surface area contributed by atoms with Crippen molar-refractivity contribution in [3.8, 4) is 0 Å². The molecule has 2 saturated carbocycles. The third kappa shape index (κ3) is 1.56. The Morgan fingerprint density at radius 1 is 1.05 bits per heavy atom. The molecule has 2 aliphatic heterocycles. The first kappa shape index (κ1) is 12.2. The zero-order chi connectivity index (χ0) is 13.4. The molecule has 0 amide bonds. The molecule has 0 bridgehead atoms. The number of epoxide rings is 2. The van der Waals surface area contributed by atoms with Gasteiger partial charge in [0.25, 0.3) is 0 Å². The van der Waals surface area contributed by atoms with E-state index in [1.807, 2.05) is 0 Å². The van der Waals surface area contributed by atoms with Crippen molar-refractivity contribution in [3.63, 3.8) is 0 Å². The molecule has 4 aliphatic rings. The molecular weight excluding hydrogens is 244 g/mol. The summed E-state index contributed by atoms with van der Waals surface area (Å²) in [7, 11) is 0. The van der Waals surface area contributed by atoms with Gasteiger partial charge in [0.15, 0.2) is 0 Å². The Bertz CT molecular complexity index is 432. The number of rotatable bonds is 2. The van der Waals surface area contributed by atoms with Crippen LogP contribution in [0.1, 0.15) is 46.0 Å².